The normalized spacial score (nSPS) is 22.7. The maximum absolute atomic E-state index is 12.3. The van der Waals surface area contributed by atoms with Crippen LogP contribution in [0.1, 0.15) is 24.2 Å². The van der Waals surface area contributed by atoms with Gasteiger partial charge in [-0.25, -0.2) is 8.42 Å². The fourth-order valence-electron chi connectivity index (χ4n) is 2.48. The van der Waals surface area contributed by atoms with Crippen molar-refractivity contribution in [2.24, 2.45) is 0 Å². The van der Waals surface area contributed by atoms with E-state index < -0.39 is 21.5 Å². The molecule has 1 saturated heterocycles. The molecule has 1 aromatic heterocycles. The summed E-state index contributed by atoms with van der Waals surface area (Å²) in [7, 11) is -3.48. The Hall–Kier alpha value is -1.71. The summed E-state index contributed by atoms with van der Waals surface area (Å²) in [6.45, 7) is 4.19. The fourth-order valence-corrected chi connectivity index (χ4v) is 3.97. The molecule has 0 unspecified atom stereocenters. The molecular formula is C14H21N3O5S. The van der Waals surface area contributed by atoms with Crippen LogP contribution < -0.4 is 10.9 Å². The molecule has 128 valence electrons. The maximum Gasteiger partial charge on any atom is 0.260 e. The molecule has 2 atom stereocenters. The first-order chi connectivity index (χ1) is 10.8. The summed E-state index contributed by atoms with van der Waals surface area (Å²) >= 11 is 0. The van der Waals surface area contributed by atoms with Gasteiger partial charge in [0.05, 0.1) is 18.0 Å². The summed E-state index contributed by atoms with van der Waals surface area (Å²) in [5, 5.41) is 2.46. The van der Waals surface area contributed by atoms with Crippen molar-refractivity contribution in [1.82, 2.24) is 14.6 Å². The third kappa shape index (κ3) is 4.63. The second-order valence-electron chi connectivity index (χ2n) is 5.56. The number of carbonyl (C=O) groups excluding carboxylic acids is 1. The molecule has 1 amide bonds. The van der Waals surface area contributed by atoms with Crippen molar-refractivity contribution in [3.05, 3.63) is 34.2 Å². The van der Waals surface area contributed by atoms with E-state index in [4.69, 9.17) is 4.74 Å². The van der Waals surface area contributed by atoms with Crippen LogP contribution >= 0.6 is 0 Å². The number of hydrogen-bond donors (Lipinski definition) is 2. The van der Waals surface area contributed by atoms with Gasteiger partial charge in [-0.05, 0) is 26.0 Å². The molecule has 0 saturated carbocycles. The molecule has 0 aliphatic carbocycles. The van der Waals surface area contributed by atoms with Crippen LogP contribution in [0.25, 0.3) is 0 Å². The highest BCUT2D eigenvalue weighted by Crippen LogP contribution is 2.14. The zero-order valence-corrected chi connectivity index (χ0v) is 13.9. The SMILES string of the molecule is C[C@@H]1CN(S(=O)(=O)CCNC(=O)c2ccc[nH]c2=O)C[C@H](C)O1. The van der Waals surface area contributed by atoms with Crippen LogP contribution in [0.5, 0.6) is 0 Å². The zero-order chi connectivity index (χ0) is 17.0. The number of nitrogens with zero attached hydrogens (tertiary/aromatic N) is 1. The van der Waals surface area contributed by atoms with Crippen LogP contribution in [0.2, 0.25) is 0 Å². The van der Waals surface area contributed by atoms with E-state index in [1.807, 2.05) is 13.8 Å². The average Bonchev–Trinajstić information content (AvgIpc) is 2.46. The number of pyridine rings is 1. The van der Waals surface area contributed by atoms with Crippen LogP contribution in [-0.2, 0) is 14.8 Å². The largest absolute Gasteiger partial charge is 0.373 e. The van der Waals surface area contributed by atoms with Gasteiger partial charge in [0.1, 0.15) is 5.56 Å². The van der Waals surface area contributed by atoms with Gasteiger partial charge >= 0.3 is 0 Å². The predicted octanol–water partition coefficient (Wildman–Crippen LogP) is -0.456. The second-order valence-corrected chi connectivity index (χ2v) is 7.65. The molecule has 1 aliphatic rings. The fraction of sp³-hybridized carbons (Fsp3) is 0.571. The lowest BCUT2D eigenvalue weighted by atomic mass is 10.2. The van der Waals surface area contributed by atoms with Gasteiger partial charge in [-0.2, -0.15) is 4.31 Å². The first-order valence-corrected chi connectivity index (χ1v) is 8.99. The van der Waals surface area contributed by atoms with E-state index in [1.165, 1.54) is 22.6 Å². The van der Waals surface area contributed by atoms with E-state index >= 15 is 0 Å². The van der Waals surface area contributed by atoms with Gasteiger partial charge in [-0.15, -0.1) is 0 Å². The van der Waals surface area contributed by atoms with Gasteiger partial charge in [-0.3, -0.25) is 9.59 Å². The van der Waals surface area contributed by atoms with Crippen molar-refractivity contribution in [2.45, 2.75) is 26.1 Å². The third-order valence-corrected chi connectivity index (χ3v) is 5.29. The number of ether oxygens (including phenoxy) is 1. The molecule has 1 aliphatic heterocycles. The van der Waals surface area contributed by atoms with E-state index in [0.29, 0.717) is 13.1 Å². The lowest BCUT2D eigenvalue weighted by molar-refractivity contribution is -0.0440. The molecule has 2 rings (SSSR count). The van der Waals surface area contributed by atoms with E-state index in [9.17, 15) is 18.0 Å². The smallest absolute Gasteiger partial charge is 0.260 e. The van der Waals surface area contributed by atoms with Crippen molar-refractivity contribution >= 4 is 15.9 Å². The number of aromatic nitrogens is 1. The molecule has 0 aromatic carbocycles. The summed E-state index contributed by atoms with van der Waals surface area (Å²) in [5.74, 6) is -0.811. The lowest BCUT2D eigenvalue weighted by Crippen LogP contribution is -2.49. The van der Waals surface area contributed by atoms with Crippen molar-refractivity contribution in [3.8, 4) is 0 Å². The third-order valence-electron chi connectivity index (χ3n) is 3.49. The summed E-state index contributed by atoms with van der Waals surface area (Å²) in [6.07, 6.45) is 1.10. The Morgan fingerprint density at radius 3 is 2.65 bits per heavy atom. The minimum Gasteiger partial charge on any atom is -0.373 e. The molecule has 1 fully saturated rings. The minimum atomic E-state index is -3.48. The van der Waals surface area contributed by atoms with Crippen LogP contribution in [-0.4, -0.2) is 61.2 Å². The molecule has 23 heavy (non-hydrogen) atoms. The van der Waals surface area contributed by atoms with E-state index in [-0.39, 0.29) is 30.1 Å². The Bertz CT molecular complexity index is 705. The molecule has 2 heterocycles. The molecule has 2 N–H and O–H groups in total. The summed E-state index contributed by atoms with van der Waals surface area (Å²) < 4.78 is 31.5. The zero-order valence-electron chi connectivity index (χ0n) is 13.1. The average molecular weight is 343 g/mol. The number of hydrogen-bond acceptors (Lipinski definition) is 5. The number of amides is 1. The molecule has 1 aromatic rings. The number of nitrogens with one attached hydrogen (secondary N) is 2. The Balaban J connectivity index is 1.91. The molecular weight excluding hydrogens is 322 g/mol. The Morgan fingerprint density at radius 1 is 1.39 bits per heavy atom. The van der Waals surface area contributed by atoms with Crippen molar-refractivity contribution in [3.63, 3.8) is 0 Å². The lowest BCUT2D eigenvalue weighted by Gasteiger charge is -2.34. The van der Waals surface area contributed by atoms with E-state index in [1.54, 1.807) is 0 Å². The Morgan fingerprint density at radius 2 is 2.04 bits per heavy atom. The number of aromatic amines is 1. The van der Waals surface area contributed by atoms with Crippen LogP contribution in [0.15, 0.2) is 23.1 Å². The number of sulfonamides is 1. The van der Waals surface area contributed by atoms with Gasteiger partial charge < -0.3 is 15.0 Å². The van der Waals surface area contributed by atoms with Crippen molar-refractivity contribution in [2.75, 3.05) is 25.4 Å². The minimum absolute atomic E-state index is 0.0430. The van der Waals surface area contributed by atoms with Gasteiger partial charge in [0.15, 0.2) is 0 Å². The van der Waals surface area contributed by atoms with Gasteiger partial charge in [0, 0.05) is 25.8 Å². The number of H-pyrrole nitrogens is 1. The first kappa shape index (κ1) is 17.6. The highest BCUT2D eigenvalue weighted by molar-refractivity contribution is 7.89. The molecule has 9 heteroatoms. The summed E-state index contributed by atoms with van der Waals surface area (Å²) in [4.78, 5) is 25.7. The van der Waals surface area contributed by atoms with E-state index in [0.717, 1.165) is 0 Å². The highest BCUT2D eigenvalue weighted by atomic mass is 32.2. The van der Waals surface area contributed by atoms with Crippen molar-refractivity contribution < 1.29 is 17.9 Å². The van der Waals surface area contributed by atoms with E-state index in [2.05, 4.69) is 10.3 Å². The quantitative estimate of drug-likeness (QED) is 0.752. The monoisotopic (exact) mass is 343 g/mol. The van der Waals surface area contributed by atoms with Crippen LogP contribution in [0.4, 0.5) is 0 Å². The summed E-state index contributed by atoms with van der Waals surface area (Å²) in [6, 6.07) is 2.91. The van der Waals surface area contributed by atoms with Crippen LogP contribution in [0, 0.1) is 0 Å². The molecule has 0 spiro atoms. The van der Waals surface area contributed by atoms with Gasteiger partial charge in [0.25, 0.3) is 11.5 Å². The number of carbonyl (C=O) groups is 1. The number of rotatable bonds is 5. The first-order valence-electron chi connectivity index (χ1n) is 7.39. The van der Waals surface area contributed by atoms with Crippen LogP contribution in [0.3, 0.4) is 0 Å². The Labute approximate surface area is 134 Å². The maximum atomic E-state index is 12.3. The van der Waals surface area contributed by atoms with Gasteiger partial charge in [-0.1, -0.05) is 0 Å². The Kier molecular flexibility index (Phi) is 5.55. The molecule has 8 nitrogen and oxygen atoms in total. The molecule has 0 radical (unpaired) electrons. The highest BCUT2D eigenvalue weighted by Gasteiger charge is 2.30. The topological polar surface area (TPSA) is 109 Å². The molecule has 0 bridgehead atoms. The number of morpholine rings is 1. The predicted molar refractivity (Wildman–Crippen MR) is 84.8 cm³/mol. The van der Waals surface area contributed by atoms with Crippen molar-refractivity contribution in [1.29, 1.82) is 0 Å². The van der Waals surface area contributed by atoms with Gasteiger partial charge in [0.2, 0.25) is 10.0 Å². The second kappa shape index (κ2) is 7.24. The summed E-state index contributed by atoms with van der Waals surface area (Å²) in [5.41, 5.74) is -0.554. The standard InChI is InChI=1S/C14H21N3O5S/c1-10-8-17(9-11(2)22-10)23(20,21)7-6-16-14(19)12-4-3-5-15-13(12)18/h3-5,10-11H,6-9H2,1-2H3,(H,15,18)(H,16,19)/t10-,11+.